The van der Waals surface area contributed by atoms with Crippen molar-refractivity contribution < 1.29 is 9.84 Å². The summed E-state index contributed by atoms with van der Waals surface area (Å²) in [6.45, 7) is 11.1. The lowest BCUT2D eigenvalue weighted by atomic mass is 10.2. The van der Waals surface area contributed by atoms with E-state index in [0.29, 0.717) is 5.75 Å². The molecule has 0 spiro atoms. The second-order valence-electron chi connectivity index (χ2n) is 6.52. The Bertz CT molecular complexity index is 542. The first-order valence-electron chi connectivity index (χ1n) is 9.90. The van der Waals surface area contributed by atoms with Crippen molar-refractivity contribution in [2.24, 2.45) is 4.99 Å². The summed E-state index contributed by atoms with van der Waals surface area (Å²) in [5.41, 5.74) is 0.915. The molecule has 1 aliphatic rings. The number of phenols is 1. The van der Waals surface area contributed by atoms with Gasteiger partial charge in [-0.2, -0.15) is 0 Å². The summed E-state index contributed by atoms with van der Waals surface area (Å²) in [4.78, 5) is 9.29. The molecule has 0 bridgehead atoms. The lowest BCUT2D eigenvalue weighted by Crippen LogP contribution is -2.52. The standard InChI is InChI=1S/C20H34N4O2/c1-3-5-16-26-17-8-11-22-20(21-4-2)24-14-12-23(13-15-24)18-9-6-7-10-19(18)25/h6-7,9-10,25H,3-5,8,11-17H2,1-2H3,(H,21,22). The van der Waals surface area contributed by atoms with E-state index in [2.05, 4.69) is 29.0 Å². The van der Waals surface area contributed by atoms with Gasteiger partial charge in [-0.1, -0.05) is 25.5 Å². The first-order chi connectivity index (χ1) is 12.8. The summed E-state index contributed by atoms with van der Waals surface area (Å²) in [6, 6.07) is 7.55. The molecule has 1 fully saturated rings. The molecule has 26 heavy (non-hydrogen) atoms. The van der Waals surface area contributed by atoms with E-state index in [1.807, 2.05) is 18.2 Å². The van der Waals surface area contributed by atoms with Crippen LogP contribution in [0.1, 0.15) is 33.1 Å². The third-order valence-electron chi connectivity index (χ3n) is 4.49. The number of ether oxygens (including phenoxy) is 1. The third-order valence-corrected chi connectivity index (χ3v) is 4.49. The molecule has 0 radical (unpaired) electrons. The summed E-state index contributed by atoms with van der Waals surface area (Å²) in [5.74, 6) is 1.34. The van der Waals surface area contributed by atoms with E-state index >= 15 is 0 Å². The molecule has 2 N–H and O–H groups in total. The van der Waals surface area contributed by atoms with Crippen LogP contribution in [0, 0.1) is 0 Å². The maximum Gasteiger partial charge on any atom is 0.194 e. The Morgan fingerprint density at radius 2 is 1.85 bits per heavy atom. The van der Waals surface area contributed by atoms with Crippen LogP contribution in [-0.2, 0) is 4.74 Å². The average molecular weight is 363 g/mol. The Morgan fingerprint density at radius 3 is 2.54 bits per heavy atom. The monoisotopic (exact) mass is 362 g/mol. The molecule has 0 unspecified atom stereocenters. The molecule has 1 aromatic carbocycles. The van der Waals surface area contributed by atoms with E-state index in [1.165, 1.54) is 6.42 Å². The Kier molecular flexibility index (Phi) is 9.10. The molecule has 0 amide bonds. The molecule has 0 aromatic heterocycles. The highest BCUT2D eigenvalue weighted by molar-refractivity contribution is 5.80. The molecule has 0 aliphatic carbocycles. The molecule has 1 saturated heterocycles. The Morgan fingerprint density at radius 1 is 1.12 bits per heavy atom. The molecule has 1 aromatic rings. The lowest BCUT2D eigenvalue weighted by molar-refractivity contribution is 0.130. The maximum atomic E-state index is 10.0. The number of piperazine rings is 1. The molecule has 6 nitrogen and oxygen atoms in total. The van der Waals surface area contributed by atoms with E-state index in [1.54, 1.807) is 6.07 Å². The third kappa shape index (κ3) is 6.41. The van der Waals surface area contributed by atoms with E-state index in [9.17, 15) is 5.11 Å². The zero-order valence-corrected chi connectivity index (χ0v) is 16.3. The Hall–Kier alpha value is -1.95. The van der Waals surface area contributed by atoms with E-state index < -0.39 is 0 Å². The Labute approximate surface area is 157 Å². The number of guanidine groups is 1. The number of unbranched alkanes of at least 4 members (excludes halogenated alkanes) is 1. The van der Waals surface area contributed by atoms with E-state index in [4.69, 9.17) is 9.73 Å². The van der Waals surface area contributed by atoms with Crippen molar-refractivity contribution in [3.05, 3.63) is 24.3 Å². The minimum absolute atomic E-state index is 0.351. The minimum atomic E-state index is 0.351. The number of rotatable bonds is 9. The van der Waals surface area contributed by atoms with Crippen LogP contribution in [0.4, 0.5) is 5.69 Å². The topological polar surface area (TPSA) is 60.3 Å². The summed E-state index contributed by atoms with van der Waals surface area (Å²) in [7, 11) is 0. The van der Waals surface area contributed by atoms with Gasteiger partial charge in [-0.25, -0.2) is 0 Å². The second-order valence-corrected chi connectivity index (χ2v) is 6.52. The summed E-state index contributed by atoms with van der Waals surface area (Å²) in [5, 5.41) is 13.4. The SMILES string of the molecule is CCCCOCCCN=C(NCC)N1CCN(c2ccccc2O)CC1. The zero-order chi connectivity index (χ0) is 18.6. The van der Waals surface area contributed by atoms with Crippen LogP contribution in [0.2, 0.25) is 0 Å². The van der Waals surface area contributed by atoms with Crippen LogP contribution < -0.4 is 10.2 Å². The molecule has 1 aliphatic heterocycles. The number of benzene rings is 1. The predicted octanol–water partition coefficient (Wildman–Crippen LogP) is 2.69. The van der Waals surface area contributed by atoms with Crippen molar-refractivity contribution in [1.82, 2.24) is 10.2 Å². The molecule has 6 heteroatoms. The number of aromatic hydroxyl groups is 1. The highest BCUT2D eigenvalue weighted by atomic mass is 16.5. The van der Waals surface area contributed by atoms with Gasteiger partial charge in [0.2, 0.25) is 0 Å². The number of nitrogens with zero attached hydrogens (tertiary/aromatic N) is 3. The number of nitrogens with one attached hydrogen (secondary N) is 1. The molecular weight excluding hydrogens is 328 g/mol. The smallest absolute Gasteiger partial charge is 0.194 e. The number of phenolic OH excluding ortho intramolecular Hbond substituents is 1. The van der Waals surface area contributed by atoms with Crippen molar-refractivity contribution in [3.63, 3.8) is 0 Å². The average Bonchev–Trinajstić information content (AvgIpc) is 2.67. The normalized spacial score (nSPS) is 15.4. The molecule has 0 saturated carbocycles. The second kappa shape index (κ2) is 11.6. The lowest BCUT2D eigenvalue weighted by Gasteiger charge is -2.37. The van der Waals surface area contributed by atoms with Crippen molar-refractivity contribution >= 4 is 11.6 Å². The number of hydrogen-bond donors (Lipinski definition) is 2. The van der Waals surface area contributed by atoms with Gasteiger partial charge in [0.05, 0.1) is 5.69 Å². The molecule has 2 rings (SSSR count). The predicted molar refractivity (Wildman–Crippen MR) is 108 cm³/mol. The molecule has 1 heterocycles. The first-order valence-corrected chi connectivity index (χ1v) is 9.90. The van der Waals surface area contributed by atoms with Crippen LogP contribution in [0.5, 0.6) is 5.75 Å². The van der Waals surface area contributed by atoms with Crippen LogP contribution in [0.25, 0.3) is 0 Å². The number of para-hydroxylation sites is 2. The fraction of sp³-hybridized carbons (Fsp3) is 0.650. The van der Waals surface area contributed by atoms with Gasteiger partial charge in [0.15, 0.2) is 5.96 Å². The van der Waals surface area contributed by atoms with Crippen molar-refractivity contribution in [2.45, 2.75) is 33.1 Å². The minimum Gasteiger partial charge on any atom is -0.506 e. The maximum absolute atomic E-state index is 10.0. The van der Waals surface area contributed by atoms with Crippen LogP contribution >= 0.6 is 0 Å². The van der Waals surface area contributed by atoms with Gasteiger partial charge in [0.1, 0.15) is 5.75 Å². The summed E-state index contributed by atoms with van der Waals surface area (Å²) < 4.78 is 5.60. The van der Waals surface area contributed by atoms with Crippen LogP contribution in [0.15, 0.2) is 29.3 Å². The molecular formula is C20H34N4O2. The largest absolute Gasteiger partial charge is 0.506 e. The first kappa shape index (κ1) is 20.4. The van der Waals surface area contributed by atoms with Gasteiger partial charge in [0.25, 0.3) is 0 Å². The van der Waals surface area contributed by atoms with Gasteiger partial charge in [-0.15, -0.1) is 0 Å². The van der Waals surface area contributed by atoms with Gasteiger partial charge >= 0.3 is 0 Å². The highest BCUT2D eigenvalue weighted by Gasteiger charge is 2.21. The number of anilines is 1. The van der Waals surface area contributed by atoms with Gasteiger partial charge in [-0.05, 0) is 31.9 Å². The van der Waals surface area contributed by atoms with Gasteiger partial charge < -0.3 is 25.0 Å². The molecule has 0 atom stereocenters. The summed E-state index contributed by atoms with van der Waals surface area (Å²) in [6.07, 6.45) is 3.26. The van der Waals surface area contributed by atoms with E-state index in [0.717, 1.165) is 77.0 Å². The van der Waals surface area contributed by atoms with Gasteiger partial charge in [-0.3, -0.25) is 4.99 Å². The van der Waals surface area contributed by atoms with Crippen molar-refractivity contribution in [3.8, 4) is 5.75 Å². The van der Waals surface area contributed by atoms with Crippen LogP contribution in [0.3, 0.4) is 0 Å². The van der Waals surface area contributed by atoms with Crippen molar-refractivity contribution in [2.75, 3.05) is 57.4 Å². The fourth-order valence-electron chi connectivity index (χ4n) is 3.02. The van der Waals surface area contributed by atoms with Gasteiger partial charge in [0, 0.05) is 52.5 Å². The molecule has 146 valence electrons. The zero-order valence-electron chi connectivity index (χ0n) is 16.3. The van der Waals surface area contributed by atoms with Crippen LogP contribution in [-0.4, -0.2) is 68.4 Å². The fourth-order valence-corrected chi connectivity index (χ4v) is 3.02. The highest BCUT2D eigenvalue weighted by Crippen LogP contribution is 2.27. The number of hydrogen-bond acceptors (Lipinski definition) is 4. The quantitative estimate of drug-likeness (QED) is 0.402. The summed E-state index contributed by atoms with van der Waals surface area (Å²) >= 11 is 0. The van der Waals surface area contributed by atoms with E-state index in [-0.39, 0.29) is 0 Å². The number of aliphatic imine (C=N–C) groups is 1. The van der Waals surface area contributed by atoms with Crippen molar-refractivity contribution in [1.29, 1.82) is 0 Å². The Balaban J connectivity index is 1.79.